The second kappa shape index (κ2) is 7.03. The summed E-state index contributed by atoms with van der Waals surface area (Å²) >= 11 is 0. The van der Waals surface area contributed by atoms with E-state index in [-0.39, 0.29) is 11.5 Å². The van der Waals surface area contributed by atoms with E-state index >= 15 is 0 Å². The van der Waals surface area contributed by atoms with E-state index in [0.29, 0.717) is 13.1 Å². The Kier molecular flexibility index (Phi) is 4.42. The molecule has 0 unspecified atom stereocenters. The Morgan fingerprint density at radius 2 is 1.96 bits per heavy atom. The van der Waals surface area contributed by atoms with Gasteiger partial charge in [0.2, 0.25) is 5.91 Å². The molecule has 4 rings (SSSR count). The number of carbonyl (C=O) groups excluding carboxylic acids is 1. The van der Waals surface area contributed by atoms with Crippen LogP contribution in [0.5, 0.6) is 0 Å². The molecule has 0 saturated heterocycles. The SMILES string of the molecule is CC(=O)Nc1cccc(Cn2cc(-c3ccc4c(c3)CN=C4)ccc2=O)c1. The van der Waals surface area contributed by atoms with Gasteiger partial charge in [-0.2, -0.15) is 0 Å². The third kappa shape index (κ3) is 3.72. The maximum absolute atomic E-state index is 12.3. The minimum absolute atomic E-state index is 0.0619. The fraction of sp³-hybridized carbons (Fsp3) is 0.136. The monoisotopic (exact) mass is 357 g/mol. The van der Waals surface area contributed by atoms with Gasteiger partial charge in [-0.15, -0.1) is 0 Å². The lowest BCUT2D eigenvalue weighted by Crippen LogP contribution is -2.19. The minimum atomic E-state index is -0.119. The van der Waals surface area contributed by atoms with Gasteiger partial charge < -0.3 is 9.88 Å². The molecule has 1 N–H and O–H groups in total. The van der Waals surface area contributed by atoms with E-state index in [1.165, 1.54) is 12.5 Å². The highest BCUT2D eigenvalue weighted by atomic mass is 16.1. The molecule has 0 atom stereocenters. The number of hydrogen-bond donors (Lipinski definition) is 1. The van der Waals surface area contributed by atoms with Crippen LogP contribution in [0.1, 0.15) is 23.6 Å². The summed E-state index contributed by atoms with van der Waals surface area (Å²) in [5.41, 5.74) is 6.02. The van der Waals surface area contributed by atoms with Crippen molar-refractivity contribution in [3.63, 3.8) is 0 Å². The molecule has 5 heteroatoms. The molecular weight excluding hydrogens is 338 g/mol. The van der Waals surface area contributed by atoms with Gasteiger partial charge in [0.05, 0.1) is 13.1 Å². The zero-order chi connectivity index (χ0) is 18.8. The summed E-state index contributed by atoms with van der Waals surface area (Å²) in [5.74, 6) is -0.119. The van der Waals surface area contributed by atoms with Gasteiger partial charge in [0.25, 0.3) is 5.56 Å². The molecule has 5 nitrogen and oxygen atoms in total. The molecule has 0 radical (unpaired) electrons. The number of rotatable bonds is 4. The largest absolute Gasteiger partial charge is 0.326 e. The van der Waals surface area contributed by atoms with E-state index in [0.717, 1.165) is 27.9 Å². The van der Waals surface area contributed by atoms with E-state index in [4.69, 9.17) is 0 Å². The van der Waals surface area contributed by atoms with Gasteiger partial charge in [0.1, 0.15) is 0 Å². The lowest BCUT2D eigenvalue weighted by atomic mass is 10.0. The number of benzene rings is 2. The van der Waals surface area contributed by atoms with Gasteiger partial charge in [0.15, 0.2) is 0 Å². The average molecular weight is 357 g/mol. The van der Waals surface area contributed by atoms with Gasteiger partial charge in [-0.05, 0) is 52.1 Å². The van der Waals surface area contributed by atoms with Crippen LogP contribution in [-0.2, 0) is 17.9 Å². The van der Waals surface area contributed by atoms with Crippen molar-refractivity contribution in [3.8, 4) is 11.1 Å². The van der Waals surface area contributed by atoms with Crippen LogP contribution >= 0.6 is 0 Å². The number of anilines is 1. The Bertz CT molecular complexity index is 1110. The Morgan fingerprint density at radius 1 is 1.11 bits per heavy atom. The smallest absolute Gasteiger partial charge is 0.250 e. The van der Waals surface area contributed by atoms with Gasteiger partial charge in [-0.25, -0.2) is 0 Å². The summed E-state index contributed by atoms with van der Waals surface area (Å²) in [7, 11) is 0. The summed E-state index contributed by atoms with van der Waals surface area (Å²) in [6.07, 6.45) is 3.77. The van der Waals surface area contributed by atoms with E-state index in [1.807, 2.05) is 42.7 Å². The summed E-state index contributed by atoms with van der Waals surface area (Å²) in [4.78, 5) is 27.9. The van der Waals surface area contributed by atoms with Crippen LogP contribution < -0.4 is 10.9 Å². The van der Waals surface area contributed by atoms with Crippen molar-refractivity contribution in [2.45, 2.75) is 20.0 Å². The molecule has 27 heavy (non-hydrogen) atoms. The highest BCUT2D eigenvalue weighted by molar-refractivity contribution is 5.88. The molecule has 1 amide bonds. The molecule has 3 aromatic rings. The Labute approximate surface area is 157 Å². The summed E-state index contributed by atoms with van der Waals surface area (Å²) in [5, 5.41) is 2.77. The quantitative estimate of drug-likeness (QED) is 0.777. The number of carbonyl (C=O) groups is 1. The zero-order valence-corrected chi connectivity index (χ0v) is 15.0. The first kappa shape index (κ1) is 17.0. The highest BCUT2D eigenvalue weighted by Gasteiger charge is 2.09. The predicted molar refractivity (Wildman–Crippen MR) is 107 cm³/mol. The van der Waals surface area contributed by atoms with Gasteiger partial charge in [-0.3, -0.25) is 14.6 Å². The lowest BCUT2D eigenvalue weighted by Gasteiger charge is -2.11. The third-order valence-corrected chi connectivity index (χ3v) is 4.55. The van der Waals surface area contributed by atoms with Crippen molar-refractivity contribution in [3.05, 3.63) is 87.8 Å². The van der Waals surface area contributed by atoms with E-state index in [2.05, 4.69) is 28.5 Å². The number of fused-ring (bicyclic) bond motifs is 1. The molecule has 0 aliphatic carbocycles. The van der Waals surface area contributed by atoms with Crippen LogP contribution in [0, 0.1) is 0 Å². The molecule has 134 valence electrons. The molecule has 2 aromatic carbocycles. The molecule has 0 spiro atoms. The second-order valence-corrected chi connectivity index (χ2v) is 6.65. The van der Waals surface area contributed by atoms with Crippen molar-refractivity contribution in [1.82, 2.24) is 4.57 Å². The molecule has 1 aromatic heterocycles. The van der Waals surface area contributed by atoms with Crippen molar-refractivity contribution in [1.29, 1.82) is 0 Å². The third-order valence-electron chi connectivity index (χ3n) is 4.55. The minimum Gasteiger partial charge on any atom is -0.326 e. The normalized spacial score (nSPS) is 12.0. The number of nitrogens with zero attached hydrogens (tertiary/aromatic N) is 2. The van der Waals surface area contributed by atoms with E-state index in [9.17, 15) is 9.59 Å². The van der Waals surface area contributed by atoms with Crippen molar-refractivity contribution in [2.75, 3.05) is 5.32 Å². The van der Waals surface area contributed by atoms with Crippen LogP contribution in [0.2, 0.25) is 0 Å². The first-order valence-corrected chi connectivity index (χ1v) is 8.79. The Morgan fingerprint density at radius 3 is 2.81 bits per heavy atom. The molecule has 0 bridgehead atoms. The molecule has 0 fully saturated rings. The maximum Gasteiger partial charge on any atom is 0.250 e. The zero-order valence-electron chi connectivity index (χ0n) is 15.0. The lowest BCUT2D eigenvalue weighted by molar-refractivity contribution is -0.114. The van der Waals surface area contributed by atoms with Crippen LogP contribution in [-0.4, -0.2) is 16.7 Å². The molecule has 2 heterocycles. The fourth-order valence-corrected chi connectivity index (χ4v) is 3.26. The van der Waals surface area contributed by atoms with Crippen LogP contribution in [0.4, 0.5) is 5.69 Å². The maximum atomic E-state index is 12.3. The molecule has 1 aliphatic heterocycles. The standard InChI is InChI=1S/C22H19N3O2/c1-15(26)24-21-4-2-3-16(9-21)13-25-14-19(7-8-22(25)27)17-5-6-18-11-23-12-20(18)10-17/h2-11,14H,12-13H2,1H3,(H,24,26). The fourth-order valence-electron chi connectivity index (χ4n) is 3.26. The summed E-state index contributed by atoms with van der Waals surface area (Å²) in [6, 6.07) is 17.2. The Hall–Kier alpha value is -3.47. The van der Waals surface area contributed by atoms with Gasteiger partial charge in [-0.1, -0.05) is 24.3 Å². The topological polar surface area (TPSA) is 63.5 Å². The molecular formula is C22H19N3O2. The number of aliphatic imine (C=N–C) groups is 1. The first-order chi connectivity index (χ1) is 13.1. The average Bonchev–Trinajstić information content (AvgIpc) is 3.11. The van der Waals surface area contributed by atoms with Crippen molar-refractivity contribution in [2.24, 2.45) is 4.99 Å². The number of aromatic nitrogens is 1. The van der Waals surface area contributed by atoms with Crippen molar-refractivity contribution < 1.29 is 4.79 Å². The van der Waals surface area contributed by atoms with Gasteiger partial charge in [0, 0.05) is 31.1 Å². The van der Waals surface area contributed by atoms with Crippen LogP contribution in [0.3, 0.4) is 0 Å². The Balaban J connectivity index is 1.64. The van der Waals surface area contributed by atoms with E-state index < -0.39 is 0 Å². The number of amides is 1. The number of hydrogen-bond acceptors (Lipinski definition) is 3. The second-order valence-electron chi connectivity index (χ2n) is 6.65. The first-order valence-electron chi connectivity index (χ1n) is 8.79. The highest BCUT2D eigenvalue weighted by Crippen LogP contribution is 2.24. The van der Waals surface area contributed by atoms with Crippen LogP contribution in [0.15, 0.2) is 70.6 Å². The number of nitrogens with one attached hydrogen (secondary N) is 1. The molecule has 1 aliphatic rings. The summed E-state index contributed by atoms with van der Waals surface area (Å²) < 4.78 is 1.69. The summed E-state index contributed by atoms with van der Waals surface area (Å²) in [6.45, 7) is 2.62. The van der Waals surface area contributed by atoms with Crippen molar-refractivity contribution >= 4 is 17.8 Å². The van der Waals surface area contributed by atoms with E-state index in [1.54, 1.807) is 10.6 Å². The van der Waals surface area contributed by atoms with Gasteiger partial charge >= 0.3 is 0 Å². The van der Waals surface area contributed by atoms with Crippen LogP contribution in [0.25, 0.3) is 11.1 Å². The number of pyridine rings is 1. The molecule has 0 saturated carbocycles. The predicted octanol–water partition coefficient (Wildman–Crippen LogP) is 3.45.